The van der Waals surface area contributed by atoms with Crippen LogP contribution < -0.4 is 14.8 Å². The second-order valence-electron chi connectivity index (χ2n) is 10.0. The quantitative estimate of drug-likeness (QED) is 0.162. The highest BCUT2D eigenvalue weighted by molar-refractivity contribution is 7.92. The number of hydrogen-bond donors (Lipinski definition) is 2. The van der Waals surface area contributed by atoms with E-state index in [4.69, 9.17) is 9.47 Å². The Balaban J connectivity index is 1.50. The average molecular weight is 634 g/mol. The Morgan fingerprint density at radius 2 is 1.51 bits per heavy atom. The highest BCUT2D eigenvalue weighted by Crippen LogP contribution is 2.25. The number of halogens is 1. The molecule has 9 nitrogen and oxygen atoms in total. The number of hydrogen-bond acceptors (Lipinski definition) is 6. The van der Waals surface area contributed by atoms with Crippen molar-refractivity contribution in [2.75, 3.05) is 31.1 Å². The van der Waals surface area contributed by atoms with Crippen LogP contribution in [0.15, 0.2) is 114 Å². The highest BCUT2D eigenvalue weighted by atomic mass is 32.2. The van der Waals surface area contributed by atoms with Crippen LogP contribution in [-0.4, -0.2) is 51.5 Å². The zero-order valence-corrected chi connectivity index (χ0v) is 25.7. The lowest BCUT2D eigenvalue weighted by Gasteiger charge is -2.31. The van der Waals surface area contributed by atoms with Crippen LogP contribution in [-0.2, 0) is 30.9 Å². The Morgan fingerprint density at radius 3 is 2.16 bits per heavy atom. The monoisotopic (exact) mass is 633 g/mol. The molecule has 4 aromatic rings. The van der Waals surface area contributed by atoms with E-state index in [1.165, 1.54) is 41.3 Å². The predicted molar refractivity (Wildman–Crippen MR) is 169 cm³/mol. The van der Waals surface area contributed by atoms with Gasteiger partial charge in [0.15, 0.2) is 6.61 Å². The van der Waals surface area contributed by atoms with Gasteiger partial charge in [0.2, 0.25) is 5.91 Å². The molecule has 0 bridgehead atoms. The molecule has 0 aliphatic rings. The Hall–Kier alpha value is -4.74. The molecule has 0 fully saturated rings. The van der Waals surface area contributed by atoms with E-state index < -0.39 is 34.4 Å². The molecule has 236 valence electrons. The predicted octanol–water partition coefficient (Wildman–Crippen LogP) is 5.32. The maximum Gasteiger partial charge on any atom is 0.261 e. The molecule has 1 atom stereocenters. The lowest BCUT2D eigenvalue weighted by atomic mass is 10.0. The zero-order valence-electron chi connectivity index (χ0n) is 24.9. The Kier molecular flexibility index (Phi) is 12.1. The molecular weight excluding hydrogens is 597 g/mol. The van der Waals surface area contributed by atoms with Crippen molar-refractivity contribution < 1.29 is 31.9 Å². The van der Waals surface area contributed by atoms with Crippen molar-refractivity contribution in [2.45, 2.75) is 30.8 Å². The molecule has 4 aromatic carbocycles. The molecule has 1 unspecified atom stereocenters. The van der Waals surface area contributed by atoms with Gasteiger partial charge < -0.3 is 19.7 Å². The van der Waals surface area contributed by atoms with Crippen LogP contribution in [0, 0.1) is 5.82 Å². The van der Waals surface area contributed by atoms with Gasteiger partial charge in [0, 0.05) is 32.0 Å². The number of carbonyl (C=O) groups excluding carboxylic acids is 2. The lowest BCUT2D eigenvalue weighted by molar-refractivity contribution is -0.143. The maximum absolute atomic E-state index is 13.8. The third kappa shape index (κ3) is 9.88. The molecule has 2 N–H and O–H groups in total. The maximum atomic E-state index is 13.8. The summed E-state index contributed by atoms with van der Waals surface area (Å²) in [6.45, 7) is 3.15. The summed E-state index contributed by atoms with van der Waals surface area (Å²) in [5.74, 6) is -0.984. The van der Waals surface area contributed by atoms with Crippen LogP contribution in [0.25, 0.3) is 0 Å². The number of sulfonamides is 1. The molecule has 11 heteroatoms. The topological polar surface area (TPSA) is 114 Å². The van der Waals surface area contributed by atoms with Crippen LogP contribution in [0.4, 0.5) is 10.1 Å². The van der Waals surface area contributed by atoms with Crippen molar-refractivity contribution in [3.8, 4) is 5.75 Å². The molecule has 45 heavy (non-hydrogen) atoms. The fraction of sp³-hybridized carbons (Fsp3) is 0.235. The lowest BCUT2D eigenvalue weighted by Crippen LogP contribution is -2.45. The summed E-state index contributed by atoms with van der Waals surface area (Å²) < 4.78 is 52.3. The molecule has 2 amide bonds. The number of nitrogens with one attached hydrogen (secondary N) is 2. The van der Waals surface area contributed by atoms with Gasteiger partial charge in [0.25, 0.3) is 15.9 Å². The Bertz CT molecular complexity index is 1620. The molecule has 0 saturated carbocycles. The van der Waals surface area contributed by atoms with E-state index in [9.17, 15) is 22.4 Å². The van der Waals surface area contributed by atoms with E-state index in [-0.39, 0.29) is 28.8 Å². The molecule has 0 aliphatic heterocycles. The van der Waals surface area contributed by atoms with Crippen LogP contribution in [0.5, 0.6) is 5.75 Å². The van der Waals surface area contributed by atoms with E-state index in [2.05, 4.69) is 10.0 Å². The van der Waals surface area contributed by atoms with Gasteiger partial charge in [-0.3, -0.25) is 14.3 Å². The number of ether oxygens (including phenoxy) is 2. The van der Waals surface area contributed by atoms with Crippen LogP contribution >= 0.6 is 0 Å². The number of benzene rings is 4. The third-order valence-corrected chi connectivity index (χ3v) is 8.15. The standard InChI is InChI=1S/C34H36FN3O6S/c1-2-43-23-9-22-36-34(40)33(27-12-7-4-8-13-27)38(24-26-10-5-3-6-11-26)32(39)25-44-30-18-20-31(21-19-30)45(41,42)37-29-16-14-28(35)15-17-29/h3-8,10-21,33,37H,2,9,22-25H2,1H3,(H,36,40). The molecule has 0 radical (unpaired) electrons. The normalized spacial score (nSPS) is 11.8. The number of anilines is 1. The highest BCUT2D eigenvalue weighted by Gasteiger charge is 2.31. The largest absolute Gasteiger partial charge is 0.484 e. The van der Waals surface area contributed by atoms with Crippen molar-refractivity contribution in [3.63, 3.8) is 0 Å². The summed E-state index contributed by atoms with van der Waals surface area (Å²) in [6.07, 6.45) is 0.627. The molecule has 0 aliphatic carbocycles. The van der Waals surface area contributed by atoms with E-state index in [1.54, 1.807) is 12.1 Å². The Morgan fingerprint density at radius 1 is 0.867 bits per heavy atom. The van der Waals surface area contributed by atoms with E-state index in [0.717, 1.165) is 17.7 Å². The summed E-state index contributed by atoms with van der Waals surface area (Å²) in [4.78, 5) is 28.8. The molecule has 0 spiro atoms. The molecule has 0 heterocycles. The van der Waals surface area contributed by atoms with Gasteiger partial charge in [-0.25, -0.2) is 12.8 Å². The molecular formula is C34H36FN3O6S. The summed E-state index contributed by atoms with van der Waals surface area (Å²) in [6, 6.07) is 28.0. The van der Waals surface area contributed by atoms with E-state index in [0.29, 0.717) is 31.7 Å². The second kappa shape index (κ2) is 16.4. The first kappa shape index (κ1) is 33.2. The first-order valence-electron chi connectivity index (χ1n) is 14.5. The van der Waals surface area contributed by atoms with Gasteiger partial charge in [-0.15, -0.1) is 0 Å². The van der Waals surface area contributed by atoms with Crippen molar-refractivity contribution >= 4 is 27.5 Å². The second-order valence-corrected chi connectivity index (χ2v) is 11.7. The summed E-state index contributed by atoms with van der Waals surface area (Å²) in [5, 5.41) is 2.94. The summed E-state index contributed by atoms with van der Waals surface area (Å²) >= 11 is 0. The summed E-state index contributed by atoms with van der Waals surface area (Å²) in [7, 11) is -3.94. The minimum Gasteiger partial charge on any atom is -0.484 e. The van der Waals surface area contributed by atoms with Gasteiger partial charge in [0.05, 0.1) is 4.90 Å². The molecule has 4 rings (SSSR count). The number of amides is 2. The average Bonchev–Trinajstić information content (AvgIpc) is 3.05. The smallest absolute Gasteiger partial charge is 0.261 e. The first-order chi connectivity index (χ1) is 21.8. The van der Waals surface area contributed by atoms with Gasteiger partial charge in [-0.2, -0.15) is 0 Å². The van der Waals surface area contributed by atoms with Gasteiger partial charge in [-0.1, -0.05) is 60.7 Å². The van der Waals surface area contributed by atoms with Crippen LogP contribution in [0.1, 0.15) is 30.5 Å². The van der Waals surface area contributed by atoms with Crippen molar-refractivity contribution in [1.29, 1.82) is 0 Å². The van der Waals surface area contributed by atoms with Gasteiger partial charge in [-0.05, 0) is 73.0 Å². The Labute approximate surface area is 263 Å². The number of carbonyl (C=O) groups is 2. The first-order valence-corrected chi connectivity index (χ1v) is 16.0. The van der Waals surface area contributed by atoms with Crippen LogP contribution in [0.3, 0.4) is 0 Å². The van der Waals surface area contributed by atoms with Crippen molar-refractivity contribution in [3.05, 3.63) is 126 Å². The third-order valence-electron chi connectivity index (χ3n) is 6.75. The zero-order chi connectivity index (χ0) is 32.1. The molecule has 0 aromatic heterocycles. The van der Waals surface area contributed by atoms with E-state index >= 15 is 0 Å². The van der Waals surface area contributed by atoms with Gasteiger partial charge >= 0.3 is 0 Å². The number of nitrogens with zero attached hydrogens (tertiary/aromatic N) is 1. The SMILES string of the molecule is CCOCCCNC(=O)C(c1ccccc1)N(Cc1ccccc1)C(=O)COc1ccc(S(=O)(=O)Nc2ccc(F)cc2)cc1. The fourth-order valence-corrected chi connectivity index (χ4v) is 5.57. The van der Waals surface area contributed by atoms with Crippen molar-refractivity contribution in [2.24, 2.45) is 0 Å². The van der Waals surface area contributed by atoms with E-state index in [1.807, 2.05) is 55.5 Å². The van der Waals surface area contributed by atoms with Crippen LogP contribution in [0.2, 0.25) is 0 Å². The minimum atomic E-state index is -3.94. The minimum absolute atomic E-state index is 0.0404. The van der Waals surface area contributed by atoms with Gasteiger partial charge in [0.1, 0.15) is 17.6 Å². The summed E-state index contributed by atoms with van der Waals surface area (Å²) in [5.41, 5.74) is 1.69. The number of rotatable bonds is 16. The fourth-order valence-electron chi connectivity index (χ4n) is 4.51. The molecule has 0 saturated heterocycles. The van der Waals surface area contributed by atoms with Crippen molar-refractivity contribution in [1.82, 2.24) is 10.2 Å².